The number of piperidine rings is 1. The van der Waals surface area contributed by atoms with Crippen molar-refractivity contribution in [1.82, 2.24) is 24.8 Å². The minimum atomic E-state index is -0.386. The van der Waals surface area contributed by atoms with E-state index >= 15 is 0 Å². The fourth-order valence-electron chi connectivity index (χ4n) is 5.29. The van der Waals surface area contributed by atoms with Gasteiger partial charge in [-0.2, -0.15) is 0 Å². The molecule has 0 saturated carbocycles. The molecule has 2 unspecified atom stereocenters. The third kappa shape index (κ3) is 2.90. The molecule has 0 aromatic carbocycles. The van der Waals surface area contributed by atoms with Crippen molar-refractivity contribution in [3.05, 3.63) is 18.3 Å². The number of nitrogens with zero attached hydrogens (tertiary/aromatic N) is 4. The Morgan fingerprint density at radius 3 is 2.96 bits per heavy atom. The molecular weight excluding hydrogens is 347 g/mol. The van der Waals surface area contributed by atoms with Crippen LogP contribution in [0, 0.1) is 5.82 Å². The molecular formula is C19H27FN6O. The van der Waals surface area contributed by atoms with Crippen LogP contribution in [0.5, 0.6) is 0 Å². The zero-order chi connectivity index (χ0) is 18.4. The Morgan fingerprint density at radius 1 is 1.26 bits per heavy atom. The summed E-state index contributed by atoms with van der Waals surface area (Å²) in [6.07, 6.45) is 9.70. The lowest BCUT2D eigenvalue weighted by Crippen LogP contribution is -2.52. The van der Waals surface area contributed by atoms with E-state index in [-0.39, 0.29) is 29.4 Å². The van der Waals surface area contributed by atoms with Gasteiger partial charge in [0.2, 0.25) is 0 Å². The van der Waals surface area contributed by atoms with Crippen molar-refractivity contribution in [3.8, 4) is 0 Å². The topological polar surface area (TPSA) is 81.2 Å². The normalized spacial score (nSPS) is 28.5. The molecule has 3 fully saturated rings. The van der Waals surface area contributed by atoms with Crippen molar-refractivity contribution < 1.29 is 9.13 Å². The molecule has 5 heterocycles. The maximum Gasteiger partial charge on any atom is 0.154 e. The maximum absolute atomic E-state index is 14.3. The van der Waals surface area contributed by atoms with Crippen molar-refractivity contribution >= 4 is 16.9 Å². The molecule has 7 nitrogen and oxygen atoms in total. The first kappa shape index (κ1) is 17.3. The third-order valence-corrected chi connectivity index (χ3v) is 6.69. The number of rotatable bonds is 3. The van der Waals surface area contributed by atoms with Crippen LogP contribution >= 0.6 is 0 Å². The Morgan fingerprint density at radius 2 is 2.11 bits per heavy atom. The van der Waals surface area contributed by atoms with Gasteiger partial charge in [0.05, 0.1) is 11.5 Å². The molecule has 2 aromatic heterocycles. The first-order chi connectivity index (χ1) is 13.2. The summed E-state index contributed by atoms with van der Waals surface area (Å²) in [5.41, 5.74) is 6.70. The smallest absolute Gasteiger partial charge is 0.154 e. The van der Waals surface area contributed by atoms with Crippen molar-refractivity contribution in [2.24, 2.45) is 0 Å². The Kier molecular flexibility index (Phi) is 4.29. The van der Waals surface area contributed by atoms with Crippen molar-refractivity contribution in [1.29, 1.82) is 0 Å². The summed E-state index contributed by atoms with van der Waals surface area (Å²) in [6, 6.07) is 0. The quantitative estimate of drug-likeness (QED) is 0.856. The van der Waals surface area contributed by atoms with Gasteiger partial charge in [-0.3, -0.25) is 4.90 Å². The lowest BCUT2D eigenvalue weighted by molar-refractivity contribution is -0.0279. The standard InChI is InChI=1S/C19H27FN6O/c20-14-11-26(18-16(14)17(21)23-12-24-18)15-3-2-13(27-15)10-25-9-1-4-19(25)5-7-22-8-6-19/h11-13,15,22H,1-10H2,(H2,21,23,24). The van der Waals surface area contributed by atoms with Crippen LogP contribution in [0.3, 0.4) is 0 Å². The van der Waals surface area contributed by atoms with Gasteiger partial charge in [-0.25, -0.2) is 14.4 Å². The average Bonchev–Trinajstić information content (AvgIpc) is 3.36. The van der Waals surface area contributed by atoms with Crippen molar-refractivity contribution in [3.63, 3.8) is 0 Å². The summed E-state index contributed by atoms with van der Waals surface area (Å²) in [5.74, 6) is -0.209. The number of hydrogen-bond donors (Lipinski definition) is 2. The van der Waals surface area contributed by atoms with Gasteiger partial charge in [0.1, 0.15) is 18.4 Å². The number of likely N-dealkylation sites (tertiary alicyclic amines) is 1. The van der Waals surface area contributed by atoms with E-state index in [4.69, 9.17) is 10.5 Å². The molecule has 8 heteroatoms. The summed E-state index contributed by atoms with van der Waals surface area (Å²) in [5, 5.41) is 3.77. The number of fused-ring (bicyclic) bond motifs is 1. The summed E-state index contributed by atoms with van der Waals surface area (Å²) < 4.78 is 22.5. The molecule has 146 valence electrons. The first-order valence-electron chi connectivity index (χ1n) is 10.0. The Bertz CT molecular complexity index is 833. The summed E-state index contributed by atoms with van der Waals surface area (Å²) in [4.78, 5) is 10.8. The van der Waals surface area contributed by atoms with Crippen LogP contribution in [0.1, 0.15) is 44.8 Å². The highest BCUT2D eigenvalue weighted by atomic mass is 19.1. The zero-order valence-electron chi connectivity index (χ0n) is 15.5. The largest absolute Gasteiger partial charge is 0.383 e. The van der Waals surface area contributed by atoms with Crippen LogP contribution in [0.25, 0.3) is 11.0 Å². The molecule has 27 heavy (non-hydrogen) atoms. The molecule has 2 aromatic rings. The fourth-order valence-corrected chi connectivity index (χ4v) is 5.29. The number of halogens is 1. The van der Waals surface area contributed by atoms with Gasteiger partial charge in [0.15, 0.2) is 11.5 Å². The number of hydrogen-bond acceptors (Lipinski definition) is 6. The van der Waals surface area contributed by atoms with Crippen LogP contribution in [0.4, 0.5) is 10.2 Å². The molecule has 0 aliphatic carbocycles. The molecule has 0 bridgehead atoms. The number of anilines is 1. The maximum atomic E-state index is 14.3. The zero-order valence-corrected chi connectivity index (χ0v) is 15.5. The minimum Gasteiger partial charge on any atom is -0.383 e. The van der Waals surface area contributed by atoms with E-state index in [9.17, 15) is 4.39 Å². The van der Waals surface area contributed by atoms with Crippen molar-refractivity contribution in [2.45, 2.75) is 56.4 Å². The van der Waals surface area contributed by atoms with Gasteiger partial charge in [-0.05, 0) is 58.2 Å². The van der Waals surface area contributed by atoms with Gasteiger partial charge >= 0.3 is 0 Å². The summed E-state index contributed by atoms with van der Waals surface area (Å²) >= 11 is 0. The van der Waals surface area contributed by atoms with E-state index in [1.165, 1.54) is 38.2 Å². The Labute approximate surface area is 158 Å². The number of aromatic nitrogens is 3. The van der Waals surface area contributed by atoms with E-state index in [2.05, 4.69) is 20.2 Å². The number of nitrogens with two attached hydrogens (primary N) is 1. The second-order valence-electron chi connectivity index (χ2n) is 8.16. The fraction of sp³-hybridized carbons (Fsp3) is 0.684. The number of nitrogen functional groups attached to an aromatic ring is 1. The molecule has 0 amide bonds. The molecule has 3 N–H and O–H groups in total. The number of ether oxygens (including phenoxy) is 1. The average molecular weight is 374 g/mol. The lowest BCUT2D eigenvalue weighted by atomic mass is 9.85. The monoisotopic (exact) mass is 374 g/mol. The van der Waals surface area contributed by atoms with Crippen LogP contribution in [-0.2, 0) is 4.74 Å². The third-order valence-electron chi connectivity index (χ3n) is 6.69. The van der Waals surface area contributed by atoms with E-state index in [0.29, 0.717) is 11.2 Å². The van der Waals surface area contributed by atoms with E-state index in [1.54, 1.807) is 4.57 Å². The molecule has 1 spiro atoms. The van der Waals surface area contributed by atoms with E-state index in [1.807, 2.05) is 0 Å². The van der Waals surface area contributed by atoms with Crippen molar-refractivity contribution in [2.75, 3.05) is 31.9 Å². The van der Waals surface area contributed by atoms with Gasteiger partial charge in [0, 0.05) is 18.3 Å². The first-order valence-corrected chi connectivity index (χ1v) is 10.0. The highest BCUT2D eigenvalue weighted by molar-refractivity contribution is 5.86. The second kappa shape index (κ2) is 6.68. The summed E-state index contributed by atoms with van der Waals surface area (Å²) in [6.45, 7) is 4.35. The van der Waals surface area contributed by atoms with E-state index in [0.717, 1.165) is 39.0 Å². The molecule has 3 aliphatic rings. The molecule has 3 aliphatic heterocycles. The predicted octanol–water partition coefficient (Wildman–Crippen LogP) is 2.05. The number of nitrogens with one attached hydrogen (secondary N) is 1. The van der Waals surface area contributed by atoms with E-state index < -0.39 is 0 Å². The molecule has 5 rings (SSSR count). The minimum absolute atomic E-state index is 0.177. The van der Waals surface area contributed by atoms with Crippen LogP contribution in [-0.4, -0.2) is 57.3 Å². The van der Waals surface area contributed by atoms with Gasteiger partial charge in [-0.1, -0.05) is 0 Å². The highest BCUT2D eigenvalue weighted by Crippen LogP contribution is 2.39. The summed E-state index contributed by atoms with van der Waals surface area (Å²) in [7, 11) is 0. The second-order valence-corrected chi connectivity index (χ2v) is 8.16. The molecule has 0 radical (unpaired) electrons. The predicted molar refractivity (Wildman–Crippen MR) is 101 cm³/mol. The van der Waals surface area contributed by atoms with Gasteiger partial charge in [-0.15, -0.1) is 0 Å². The van der Waals surface area contributed by atoms with Crippen LogP contribution in [0.15, 0.2) is 12.5 Å². The van der Waals surface area contributed by atoms with Crippen LogP contribution in [0.2, 0.25) is 0 Å². The molecule has 2 atom stereocenters. The van der Waals surface area contributed by atoms with Crippen LogP contribution < -0.4 is 11.1 Å². The Balaban J connectivity index is 1.32. The Hall–Kier alpha value is -1.77. The SMILES string of the molecule is Nc1ncnc2c1c(F)cn2C1CCC(CN2CCCC23CCNCC3)O1. The highest BCUT2D eigenvalue weighted by Gasteiger charge is 2.43. The van der Waals surface area contributed by atoms with Gasteiger partial charge in [0.25, 0.3) is 0 Å². The molecule has 3 saturated heterocycles. The lowest BCUT2D eigenvalue weighted by Gasteiger charge is -2.42. The van der Waals surface area contributed by atoms with Gasteiger partial charge < -0.3 is 20.4 Å².